The Morgan fingerprint density at radius 2 is 1.94 bits per heavy atom. The average Bonchev–Trinajstić information content (AvgIpc) is 3.46. The Bertz CT molecular complexity index is 1250. The molecule has 7 nitrogen and oxygen atoms in total. The molecule has 33 heavy (non-hydrogen) atoms. The molecule has 0 radical (unpaired) electrons. The third-order valence-electron chi connectivity index (χ3n) is 5.83. The van der Waals surface area contributed by atoms with Gasteiger partial charge in [0, 0.05) is 43.7 Å². The van der Waals surface area contributed by atoms with E-state index in [0.717, 1.165) is 49.7 Å². The van der Waals surface area contributed by atoms with E-state index in [0.29, 0.717) is 5.82 Å². The van der Waals surface area contributed by atoms with Gasteiger partial charge < -0.3 is 14.3 Å². The molecular formula is C25H24FN5O2. The number of aromatic nitrogens is 3. The average molecular weight is 445 g/mol. The molecule has 0 unspecified atom stereocenters. The summed E-state index contributed by atoms with van der Waals surface area (Å²) in [6.45, 7) is 3.54. The van der Waals surface area contributed by atoms with Crippen molar-refractivity contribution in [3.63, 3.8) is 0 Å². The minimum Gasteiger partial charge on any atom is -0.464 e. The molecule has 1 aliphatic heterocycles. The van der Waals surface area contributed by atoms with Gasteiger partial charge in [0.2, 0.25) is 0 Å². The first-order valence-electron chi connectivity index (χ1n) is 11.0. The molecule has 8 heteroatoms. The first-order valence-corrected chi connectivity index (χ1v) is 11.0. The number of hydrogen-bond acceptors (Lipinski definition) is 5. The van der Waals surface area contributed by atoms with Crippen LogP contribution in [0.15, 0.2) is 71.3 Å². The number of furan rings is 1. The minimum absolute atomic E-state index is 0.244. The van der Waals surface area contributed by atoms with Gasteiger partial charge in [-0.15, -0.1) is 10.2 Å². The Balaban J connectivity index is 1.21. The molecule has 168 valence electrons. The van der Waals surface area contributed by atoms with Crippen LogP contribution in [0.1, 0.15) is 27.6 Å². The highest BCUT2D eigenvalue weighted by Gasteiger charge is 2.19. The largest absolute Gasteiger partial charge is 0.464 e. The van der Waals surface area contributed by atoms with Crippen molar-refractivity contribution in [2.45, 2.75) is 26.1 Å². The van der Waals surface area contributed by atoms with Crippen LogP contribution in [0.2, 0.25) is 0 Å². The minimum atomic E-state index is -0.436. The van der Waals surface area contributed by atoms with Crippen LogP contribution in [0.4, 0.5) is 4.39 Å². The molecule has 0 saturated carbocycles. The summed E-state index contributed by atoms with van der Waals surface area (Å²) < 4.78 is 21.0. The van der Waals surface area contributed by atoms with Gasteiger partial charge in [-0.1, -0.05) is 24.3 Å². The first-order chi connectivity index (χ1) is 16.2. The number of halogens is 1. The van der Waals surface area contributed by atoms with E-state index in [1.54, 1.807) is 12.3 Å². The van der Waals surface area contributed by atoms with Crippen LogP contribution >= 0.6 is 0 Å². The van der Waals surface area contributed by atoms with Gasteiger partial charge in [-0.2, -0.15) is 0 Å². The molecule has 2 aromatic heterocycles. The summed E-state index contributed by atoms with van der Waals surface area (Å²) in [5.74, 6) is 1.71. The third kappa shape index (κ3) is 4.85. The van der Waals surface area contributed by atoms with E-state index < -0.39 is 5.82 Å². The van der Waals surface area contributed by atoms with Crippen molar-refractivity contribution in [2.75, 3.05) is 13.1 Å². The lowest BCUT2D eigenvalue weighted by Crippen LogP contribution is -2.28. The number of carbonyl (C=O) groups is 1. The van der Waals surface area contributed by atoms with Crippen molar-refractivity contribution >= 4 is 5.91 Å². The fourth-order valence-electron chi connectivity index (χ4n) is 4.13. The van der Waals surface area contributed by atoms with Crippen LogP contribution in [-0.2, 0) is 26.1 Å². The Morgan fingerprint density at radius 1 is 1.03 bits per heavy atom. The number of benzene rings is 2. The molecule has 3 heterocycles. The normalized spacial score (nSPS) is 14.0. The van der Waals surface area contributed by atoms with Gasteiger partial charge in [-0.05, 0) is 42.0 Å². The second kappa shape index (κ2) is 9.38. The predicted octanol–water partition coefficient (Wildman–Crippen LogP) is 3.67. The van der Waals surface area contributed by atoms with Crippen molar-refractivity contribution in [3.05, 3.63) is 95.5 Å². The third-order valence-corrected chi connectivity index (χ3v) is 5.83. The van der Waals surface area contributed by atoms with Crippen molar-refractivity contribution in [2.24, 2.45) is 0 Å². The van der Waals surface area contributed by atoms with Crippen LogP contribution in [0, 0.1) is 5.82 Å². The molecule has 0 saturated heterocycles. The van der Waals surface area contributed by atoms with Crippen molar-refractivity contribution in [1.29, 1.82) is 0 Å². The predicted molar refractivity (Wildman–Crippen MR) is 121 cm³/mol. The number of fused-ring (bicyclic) bond motifs is 1. The molecule has 5 rings (SSSR count). The van der Waals surface area contributed by atoms with Crippen LogP contribution in [0.25, 0.3) is 11.3 Å². The quantitative estimate of drug-likeness (QED) is 0.490. The van der Waals surface area contributed by atoms with E-state index in [4.69, 9.17) is 4.42 Å². The molecule has 0 fully saturated rings. The second-order valence-corrected chi connectivity index (χ2v) is 8.08. The monoisotopic (exact) mass is 445 g/mol. The summed E-state index contributed by atoms with van der Waals surface area (Å²) in [5.41, 5.74) is 2.58. The Morgan fingerprint density at radius 3 is 2.79 bits per heavy atom. The van der Waals surface area contributed by atoms with Crippen molar-refractivity contribution in [1.82, 2.24) is 25.0 Å². The molecule has 0 spiro atoms. The zero-order chi connectivity index (χ0) is 22.6. The summed E-state index contributed by atoms with van der Waals surface area (Å²) in [6, 6.07) is 17.9. The molecule has 1 N–H and O–H groups in total. The molecule has 4 aromatic rings. The SMILES string of the molecule is O=C(NCc1nnc2n1CCN(Cc1cccc(-c3ccco3)c1)CC2)c1cccc(F)c1. The number of nitrogens with zero attached hydrogens (tertiary/aromatic N) is 4. The van der Waals surface area contributed by atoms with Gasteiger partial charge in [0.25, 0.3) is 5.91 Å². The molecule has 2 aromatic carbocycles. The second-order valence-electron chi connectivity index (χ2n) is 8.08. The first kappa shape index (κ1) is 21.1. The summed E-state index contributed by atoms with van der Waals surface area (Å²) in [4.78, 5) is 14.7. The zero-order valence-electron chi connectivity index (χ0n) is 18.1. The number of carbonyl (C=O) groups excluding carboxylic acids is 1. The van der Waals surface area contributed by atoms with Crippen LogP contribution < -0.4 is 5.32 Å². The van der Waals surface area contributed by atoms with Crippen LogP contribution in [0.5, 0.6) is 0 Å². The lowest BCUT2D eigenvalue weighted by molar-refractivity contribution is 0.0949. The summed E-state index contributed by atoms with van der Waals surface area (Å²) >= 11 is 0. The van der Waals surface area contributed by atoms with Crippen LogP contribution in [-0.4, -0.2) is 38.7 Å². The summed E-state index contributed by atoms with van der Waals surface area (Å²) in [7, 11) is 0. The Kier molecular flexibility index (Phi) is 5.99. The Labute approximate surface area is 190 Å². The number of hydrogen-bond donors (Lipinski definition) is 1. The Hall–Kier alpha value is -3.78. The van der Waals surface area contributed by atoms with E-state index in [1.165, 1.54) is 23.8 Å². The number of amides is 1. The summed E-state index contributed by atoms with van der Waals surface area (Å²) in [6.07, 6.45) is 2.47. The fraction of sp³-hybridized carbons (Fsp3) is 0.240. The van der Waals surface area contributed by atoms with Crippen molar-refractivity contribution in [3.8, 4) is 11.3 Å². The van der Waals surface area contributed by atoms with E-state index in [9.17, 15) is 9.18 Å². The highest BCUT2D eigenvalue weighted by atomic mass is 19.1. The maximum atomic E-state index is 13.4. The standard InChI is InChI=1S/C25H24FN5O2/c26-21-7-2-6-20(15-21)25(32)27-16-24-29-28-23-9-10-30(11-12-31(23)24)17-18-4-1-5-19(14-18)22-8-3-13-33-22/h1-8,13-15H,9-12,16-17H2,(H,27,32). The zero-order valence-corrected chi connectivity index (χ0v) is 18.1. The van der Waals surface area contributed by atoms with E-state index in [-0.39, 0.29) is 18.0 Å². The van der Waals surface area contributed by atoms with E-state index in [2.05, 4.69) is 49.2 Å². The highest BCUT2D eigenvalue weighted by Crippen LogP contribution is 2.22. The van der Waals surface area contributed by atoms with Crippen molar-refractivity contribution < 1.29 is 13.6 Å². The maximum absolute atomic E-state index is 13.4. The van der Waals surface area contributed by atoms with Gasteiger partial charge in [0.1, 0.15) is 17.4 Å². The molecule has 0 aliphatic carbocycles. The van der Waals surface area contributed by atoms with E-state index >= 15 is 0 Å². The van der Waals surface area contributed by atoms with Gasteiger partial charge in [0.05, 0.1) is 12.8 Å². The van der Waals surface area contributed by atoms with Gasteiger partial charge in [-0.3, -0.25) is 9.69 Å². The summed E-state index contributed by atoms with van der Waals surface area (Å²) in [5, 5.41) is 11.4. The number of nitrogens with one attached hydrogen (secondary N) is 1. The van der Waals surface area contributed by atoms with Gasteiger partial charge in [0.15, 0.2) is 5.82 Å². The molecule has 1 amide bonds. The lowest BCUT2D eigenvalue weighted by Gasteiger charge is -2.20. The van der Waals surface area contributed by atoms with Gasteiger partial charge in [-0.25, -0.2) is 4.39 Å². The molecular weight excluding hydrogens is 421 g/mol. The van der Waals surface area contributed by atoms with Crippen LogP contribution in [0.3, 0.4) is 0 Å². The van der Waals surface area contributed by atoms with E-state index in [1.807, 2.05) is 12.1 Å². The molecule has 0 bridgehead atoms. The molecule has 0 atom stereocenters. The highest BCUT2D eigenvalue weighted by molar-refractivity contribution is 5.94. The number of rotatable bonds is 6. The molecule has 1 aliphatic rings. The lowest BCUT2D eigenvalue weighted by atomic mass is 10.1. The van der Waals surface area contributed by atoms with Gasteiger partial charge >= 0.3 is 0 Å². The smallest absolute Gasteiger partial charge is 0.251 e. The maximum Gasteiger partial charge on any atom is 0.251 e. The fourth-order valence-corrected chi connectivity index (χ4v) is 4.13. The topological polar surface area (TPSA) is 76.2 Å².